The Labute approximate surface area is 153 Å². The first-order valence-corrected chi connectivity index (χ1v) is 9.13. The van der Waals surface area contributed by atoms with E-state index in [1.54, 1.807) is 0 Å². The van der Waals surface area contributed by atoms with Gasteiger partial charge in [-0.3, -0.25) is 4.79 Å². The van der Waals surface area contributed by atoms with Crippen LogP contribution >= 0.6 is 0 Å². The highest BCUT2D eigenvalue weighted by Gasteiger charge is 2.32. The third-order valence-corrected chi connectivity index (χ3v) is 5.47. The van der Waals surface area contributed by atoms with Gasteiger partial charge in [0.2, 0.25) is 6.43 Å². The number of pyridine rings is 1. The van der Waals surface area contributed by atoms with Crippen molar-refractivity contribution in [1.29, 1.82) is 0 Å². The molecule has 0 radical (unpaired) electrons. The van der Waals surface area contributed by atoms with Crippen LogP contribution in [0.25, 0.3) is 0 Å². The van der Waals surface area contributed by atoms with Gasteiger partial charge in [0, 0.05) is 18.5 Å². The molecule has 1 fully saturated rings. The number of hydrogen-bond acceptors (Lipinski definition) is 4. The molecule has 0 spiro atoms. The van der Waals surface area contributed by atoms with Crippen LogP contribution in [-0.4, -0.2) is 43.1 Å². The molecule has 1 amide bonds. The highest BCUT2D eigenvalue weighted by molar-refractivity contribution is 5.99. The SMILES string of the molecule is Cc1c(N2CCC(OCC(C)(C)C(F)F)CC2)nc2c(c1C)C(=O)NC2. The highest BCUT2D eigenvalue weighted by Crippen LogP contribution is 2.31. The quantitative estimate of drug-likeness (QED) is 0.868. The molecular formula is C19H27F2N3O2. The second-order valence-electron chi connectivity index (χ2n) is 7.98. The van der Waals surface area contributed by atoms with Crippen LogP contribution in [0.3, 0.4) is 0 Å². The summed E-state index contributed by atoms with van der Waals surface area (Å²) in [5.41, 5.74) is 2.41. The number of carbonyl (C=O) groups is 1. The van der Waals surface area contributed by atoms with Gasteiger partial charge in [0.25, 0.3) is 5.91 Å². The number of alkyl halides is 2. The number of hydrogen-bond donors (Lipinski definition) is 1. The lowest BCUT2D eigenvalue weighted by molar-refractivity contribution is -0.0720. The first-order chi connectivity index (χ1) is 12.2. The molecule has 3 heterocycles. The van der Waals surface area contributed by atoms with Gasteiger partial charge in [-0.05, 0) is 37.8 Å². The Bertz CT molecular complexity index is 699. The number of aromatic nitrogens is 1. The summed E-state index contributed by atoms with van der Waals surface area (Å²) in [6, 6.07) is 0. The van der Waals surface area contributed by atoms with Gasteiger partial charge in [-0.1, -0.05) is 13.8 Å². The number of amides is 1. The second kappa shape index (κ2) is 7.10. The molecule has 0 aromatic carbocycles. The van der Waals surface area contributed by atoms with Crippen molar-refractivity contribution in [3.63, 3.8) is 0 Å². The summed E-state index contributed by atoms with van der Waals surface area (Å²) in [5, 5.41) is 2.83. The average molecular weight is 367 g/mol. The number of rotatable bonds is 5. The number of nitrogens with one attached hydrogen (secondary N) is 1. The van der Waals surface area contributed by atoms with Crippen LogP contribution in [0.4, 0.5) is 14.6 Å². The van der Waals surface area contributed by atoms with Gasteiger partial charge in [-0.2, -0.15) is 0 Å². The van der Waals surface area contributed by atoms with Gasteiger partial charge >= 0.3 is 0 Å². The molecule has 0 saturated carbocycles. The lowest BCUT2D eigenvalue weighted by Crippen LogP contribution is -2.40. The smallest absolute Gasteiger partial charge is 0.253 e. The predicted octanol–water partition coefficient (Wildman–Crippen LogP) is 3.22. The minimum absolute atomic E-state index is 0.00310. The highest BCUT2D eigenvalue weighted by atomic mass is 19.3. The predicted molar refractivity (Wildman–Crippen MR) is 95.9 cm³/mol. The maximum Gasteiger partial charge on any atom is 0.253 e. The molecule has 0 aliphatic carbocycles. The van der Waals surface area contributed by atoms with Crippen molar-refractivity contribution < 1.29 is 18.3 Å². The van der Waals surface area contributed by atoms with Crippen LogP contribution in [0.5, 0.6) is 0 Å². The fraction of sp³-hybridized carbons (Fsp3) is 0.684. The Kier molecular flexibility index (Phi) is 5.19. The molecule has 0 unspecified atom stereocenters. The Morgan fingerprint density at radius 3 is 2.54 bits per heavy atom. The third-order valence-electron chi connectivity index (χ3n) is 5.47. The molecule has 26 heavy (non-hydrogen) atoms. The van der Waals surface area contributed by atoms with Gasteiger partial charge in [-0.25, -0.2) is 13.8 Å². The zero-order valence-corrected chi connectivity index (χ0v) is 15.9. The van der Waals surface area contributed by atoms with Crippen molar-refractivity contribution in [2.24, 2.45) is 5.41 Å². The summed E-state index contributed by atoms with van der Waals surface area (Å²) >= 11 is 0. The molecule has 0 atom stereocenters. The van der Waals surface area contributed by atoms with E-state index in [1.807, 2.05) is 13.8 Å². The summed E-state index contributed by atoms with van der Waals surface area (Å²) in [4.78, 5) is 18.9. The third kappa shape index (κ3) is 3.54. The number of anilines is 1. The molecule has 7 heteroatoms. The first-order valence-electron chi connectivity index (χ1n) is 9.13. The maximum absolute atomic E-state index is 12.9. The van der Waals surface area contributed by atoms with Crippen LogP contribution in [0.15, 0.2) is 0 Å². The van der Waals surface area contributed by atoms with Crippen LogP contribution in [0.2, 0.25) is 0 Å². The summed E-state index contributed by atoms with van der Waals surface area (Å²) in [6.07, 6.45) is -0.815. The number of fused-ring (bicyclic) bond motifs is 1. The van der Waals surface area contributed by atoms with Crippen molar-refractivity contribution in [2.75, 3.05) is 24.6 Å². The van der Waals surface area contributed by atoms with Gasteiger partial charge < -0.3 is 15.0 Å². The van der Waals surface area contributed by atoms with Gasteiger partial charge in [0.05, 0.1) is 30.5 Å². The zero-order valence-electron chi connectivity index (χ0n) is 15.9. The molecule has 5 nitrogen and oxygen atoms in total. The lowest BCUT2D eigenvalue weighted by atomic mass is 9.95. The van der Waals surface area contributed by atoms with Crippen molar-refractivity contribution in [2.45, 2.75) is 59.6 Å². The molecule has 1 saturated heterocycles. The van der Waals surface area contributed by atoms with Gasteiger partial charge in [0.15, 0.2) is 0 Å². The Balaban J connectivity index is 1.64. The minimum atomic E-state index is -2.39. The molecule has 0 bridgehead atoms. The first kappa shape index (κ1) is 19.0. The number of carbonyl (C=O) groups excluding carboxylic acids is 1. The average Bonchev–Trinajstić information content (AvgIpc) is 2.98. The number of halogens is 2. The molecule has 1 N–H and O–H groups in total. The van der Waals surface area contributed by atoms with Crippen molar-refractivity contribution in [3.05, 3.63) is 22.4 Å². The number of nitrogens with zero attached hydrogens (tertiary/aromatic N) is 2. The van der Waals surface area contributed by atoms with Crippen LogP contribution in [0, 0.1) is 19.3 Å². The standard InChI is InChI=1S/C19H27F2N3O2/c1-11-12(2)16(23-14-9-22-17(25)15(11)14)24-7-5-13(6-8-24)26-10-19(3,4)18(20)21/h13,18H,5-10H2,1-4H3,(H,22,25). The number of ether oxygens (including phenoxy) is 1. The van der Waals surface area contributed by atoms with E-state index >= 15 is 0 Å². The summed E-state index contributed by atoms with van der Waals surface area (Å²) in [6.45, 7) is 9.11. The van der Waals surface area contributed by atoms with Crippen LogP contribution < -0.4 is 10.2 Å². The van der Waals surface area contributed by atoms with E-state index in [9.17, 15) is 13.6 Å². The van der Waals surface area contributed by atoms with Crippen molar-refractivity contribution in [3.8, 4) is 0 Å². The molecular weight excluding hydrogens is 340 g/mol. The van der Waals surface area contributed by atoms with Crippen LogP contribution in [0.1, 0.15) is 53.9 Å². The summed E-state index contributed by atoms with van der Waals surface area (Å²) < 4.78 is 31.6. The minimum Gasteiger partial charge on any atom is -0.377 e. The van der Waals surface area contributed by atoms with Crippen molar-refractivity contribution >= 4 is 11.7 Å². The normalized spacial score (nSPS) is 18.4. The second-order valence-corrected chi connectivity index (χ2v) is 7.98. The Morgan fingerprint density at radius 2 is 1.92 bits per heavy atom. The Morgan fingerprint density at radius 1 is 1.27 bits per heavy atom. The topological polar surface area (TPSA) is 54.5 Å². The van der Waals surface area contributed by atoms with E-state index in [-0.39, 0.29) is 18.6 Å². The van der Waals surface area contributed by atoms with Gasteiger partial charge in [0.1, 0.15) is 5.82 Å². The molecule has 2 aliphatic rings. The Hall–Kier alpha value is -1.76. The van der Waals surface area contributed by atoms with Crippen LogP contribution in [-0.2, 0) is 11.3 Å². The van der Waals surface area contributed by atoms with E-state index in [1.165, 1.54) is 13.8 Å². The molecule has 2 aliphatic heterocycles. The number of piperidine rings is 1. The van der Waals surface area contributed by atoms with E-state index in [4.69, 9.17) is 9.72 Å². The molecule has 3 rings (SSSR count). The fourth-order valence-corrected chi connectivity index (χ4v) is 3.46. The van der Waals surface area contributed by atoms with E-state index in [2.05, 4.69) is 10.2 Å². The molecule has 1 aromatic heterocycles. The summed E-state index contributed by atoms with van der Waals surface area (Å²) in [7, 11) is 0. The van der Waals surface area contributed by atoms with E-state index in [0.717, 1.165) is 48.6 Å². The van der Waals surface area contributed by atoms with Crippen molar-refractivity contribution in [1.82, 2.24) is 10.3 Å². The van der Waals surface area contributed by atoms with E-state index in [0.29, 0.717) is 12.1 Å². The zero-order chi connectivity index (χ0) is 19.1. The molecule has 1 aromatic rings. The maximum atomic E-state index is 12.9. The monoisotopic (exact) mass is 367 g/mol. The van der Waals surface area contributed by atoms with E-state index < -0.39 is 11.8 Å². The molecule has 144 valence electrons. The fourth-order valence-electron chi connectivity index (χ4n) is 3.46. The largest absolute Gasteiger partial charge is 0.377 e. The lowest BCUT2D eigenvalue weighted by Gasteiger charge is -2.35. The summed E-state index contributed by atoms with van der Waals surface area (Å²) in [5.74, 6) is 0.873. The van der Waals surface area contributed by atoms with Gasteiger partial charge in [-0.15, -0.1) is 0 Å².